The molecule has 37 heavy (non-hydrogen) atoms. The maximum atomic E-state index is 13.1. The number of aromatic nitrogens is 1. The van der Waals surface area contributed by atoms with Gasteiger partial charge < -0.3 is 4.74 Å². The topological polar surface area (TPSA) is 116 Å². The van der Waals surface area contributed by atoms with Crippen molar-refractivity contribution in [1.29, 1.82) is 0 Å². The molecule has 1 aliphatic carbocycles. The molecule has 1 saturated carbocycles. The van der Waals surface area contributed by atoms with Crippen LogP contribution in [0, 0.1) is 11.2 Å². The molecule has 188 valence electrons. The number of rotatable bonds is 9. The quantitative estimate of drug-likeness (QED) is 0.326. The van der Waals surface area contributed by atoms with Gasteiger partial charge in [0.25, 0.3) is 0 Å². The standard InChI is InChI=1S/C28H23FN2O5S/c29-20-5-1-18(2-6-20)15-26(32)28(12-13-28)27(33)16-19-3-7-21(8-4-19)36-25-11-14-31-24-17-22(37(30,34)35)9-10-23(24)25/h1-11,14,17H,12-13,15-16H2,(H2,30,34,35). The van der Waals surface area contributed by atoms with Gasteiger partial charge in [-0.25, -0.2) is 17.9 Å². The Bertz CT molecular complexity index is 1610. The largest absolute Gasteiger partial charge is 0.457 e. The van der Waals surface area contributed by atoms with Crippen LogP contribution in [0.4, 0.5) is 4.39 Å². The highest BCUT2D eigenvalue weighted by molar-refractivity contribution is 7.89. The van der Waals surface area contributed by atoms with Gasteiger partial charge in [-0.1, -0.05) is 24.3 Å². The lowest BCUT2D eigenvalue weighted by atomic mass is 9.88. The van der Waals surface area contributed by atoms with Gasteiger partial charge in [-0.3, -0.25) is 14.6 Å². The summed E-state index contributed by atoms with van der Waals surface area (Å²) in [5.74, 6) is 0.401. The van der Waals surface area contributed by atoms with E-state index in [2.05, 4.69) is 4.98 Å². The Morgan fingerprint density at radius 3 is 2.05 bits per heavy atom. The number of pyridine rings is 1. The third-order valence-electron chi connectivity index (χ3n) is 6.61. The van der Waals surface area contributed by atoms with Crippen molar-refractivity contribution in [2.24, 2.45) is 10.6 Å². The Balaban J connectivity index is 1.26. The molecule has 1 aliphatic rings. The summed E-state index contributed by atoms with van der Waals surface area (Å²) in [7, 11) is -3.85. The van der Waals surface area contributed by atoms with Crippen LogP contribution in [0.25, 0.3) is 10.9 Å². The molecule has 0 atom stereocenters. The number of nitrogens with zero attached hydrogens (tertiary/aromatic N) is 1. The first kappa shape index (κ1) is 24.7. The molecule has 7 nitrogen and oxygen atoms in total. The highest BCUT2D eigenvalue weighted by atomic mass is 32.2. The Morgan fingerprint density at radius 2 is 1.49 bits per heavy atom. The van der Waals surface area contributed by atoms with Crippen molar-refractivity contribution in [3.05, 3.63) is 95.9 Å². The molecule has 2 N–H and O–H groups in total. The van der Waals surface area contributed by atoms with Gasteiger partial charge >= 0.3 is 0 Å². The fourth-order valence-electron chi connectivity index (χ4n) is 4.32. The molecule has 0 unspecified atom stereocenters. The number of Topliss-reactive ketones (excluding diaryl/α,β-unsaturated/α-hetero) is 2. The summed E-state index contributed by atoms with van der Waals surface area (Å²) in [6, 6.07) is 18.8. The van der Waals surface area contributed by atoms with Crippen LogP contribution >= 0.6 is 0 Å². The number of primary sulfonamides is 1. The van der Waals surface area contributed by atoms with Crippen molar-refractivity contribution in [2.45, 2.75) is 30.6 Å². The molecule has 9 heteroatoms. The maximum absolute atomic E-state index is 13.1. The van der Waals surface area contributed by atoms with Gasteiger partial charge in [0.05, 0.1) is 15.8 Å². The smallest absolute Gasteiger partial charge is 0.238 e. The molecule has 0 spiro atoms. The van der Waals surface area contributed by atoms with Crippen molar-refractivity contribution in [3.63, 3.8) is 0 Å². The van der Waals surface area contributed by atoms with E-state index >= 15 is 0 Å². The van der Waals surface area contributed by atoms with E-state index in [0.717, 1.165) is 5.56 Å². The number of hydrogen-bond acceptors (Lipinski definition) is 6. The number of carbonyl (C=O) groups is 2. The predicted octanol–water partition coefficient (Wildman–Crippen LogP) is 4.52. The van der Waals surface area contributed by atoms with Crippen LogP contribution in [0.5, 0.6) is 11.5 Å². The lowest BCUT2D eigenvalue weighted by molar-refractivity contribution is -0.133. The number of ether oxygens (including phenoxy) is 1. The van der Waals surface area contributed by atoms with E-state index in [1.165, 1.54) is 30.5 Å². The molecule has 5 rings (SSSR count). The molecular formula is C28H23FN2O5S. The van der Waals surface area contributed by atoms with E-state index in [1.54, 1.807) is 48.5 Å². The number of nitrogens with two attached hydrogens (primary N) is 1. The number of sulfonamides is 1. The number of carbonyl (C=O) groups excluding carboxylic acids is 2. The van der Waals surface area contributed by atoms with Gasteiger partial charge in [0.15, 0.2) is 11.6 Å². The molecule has 0 radical (unpaired) electrons. The molecule has 3 aromatic carbocycles. The highest BCUT2D eigenvalue weighted by Crippen LogP contribution is 2.48. The summed E-state index contributed by atoms with van der Waals surface area (Å²) in [5.41, 5.74) is 0.924. The normalized spacial score (nSPS) is 14.3. The van der Waals surface area contributed by atoms with E-state index in [-0.39, 0.29) is 35.1 Å². The number of hydrogen-bond donors (Lipinski definition) is 1. The fourth-order valence-corrected chi connectivity index (χ4v) is 4.85. The molecule has 4 aromatic rings. The second-order valence-corrected chi connectivity index (χ2v) is 10.7. The first-order chi connectivity index (χ1) is 17.6. The van der Waals surface area contributed by atoms with Crippen LogP contribution in [0.15, 0.2) is 83.9 Å². The zero-order chi connectivity index (χ0) is 26.2. The number of ketones is 2. The summed E-state index contributed by atoms with van der Waals surface area (Å²) < 4.78 is 42.4. The van der Waals surface area contributed by atoms with Crippen molar-refractivity contribution >= 4 is 32.5 Å². The fraction of sp³-hybridized carbons (Fsp3) is 0.179. The minimum absolute atomic E-state index is 0.0387. The zero-order valence-electron chi connectivity index (χ0n) is 19.7. The summed E-state index contributed by atoms with van der Waals surface area (Å²) >= 11 is 0. The zero-order valence-corrected chi connectivity index (χ0v) is 20.5. The highest BCUT2D eigenvalue weighted by Gasteiger charge is 2.54. The minimum Gasteiger partial charge on any atom is -0.457 e. The van der Waals surface area contributed by atoms with Crippen LogP contribution in [-0.4, -0.2) is 25.0 Å². The minimum atomic E-state index is -3.85. The average Bonchev–Trinajstić information content (AvgIpc) is 3.68. The third-order valence-corrected chi connectivity index (χ3v) is 7.53. The Hall–Kier alpha value is -3.95. The van der Waals surface area contributed by atoms with Crippen molar-refractivity contribution in [3.8, 4) is 11.5 Å². The molecular weight excluding hydrogens is 495 g/mol. The van der Waals surface area contributed by atoms with E-state index < -0.39 is 15.4 Å². The van der Waals surface area contributed by atoms with Gasteiger partial charge in [0, 0.05) is 24.4 Å². The van der Waals surface area contributed by atoms with Crippen molar-refractivity contribution < 1.29 is 27.1 Å². The average molecular weight is 519 g/mol. The number of benzene rings is 3. The van der Waals surface area contributed by atoms with Crippen LogP contribution in [0.1, 0.15) is 24.0 Å². The number of fused-ring (bicyclic) bond motifs is 1. The monoisotopic (exact) mass is 518 g/mol. The molecule has 1 heterocycles. The van der Waals surface area contributed by atoms with E-state index in [4.69, 9.17) is 9.88 Å². The molecule has 1 fully saturated rings. The van der Waals surface area contributed by atoms with Gasteiger partial charge in [0.2, 0.25) is 10.0 Å². The van der Waals surface area contributed by atoms with Gasteiger partial charge in [-0.05, 0) is 72.5 Å². The molecule has 0 saturated heterocycles. The molecule has 0 bridgehead atoms. The summed E-state index contributed by atoms with van der Waals surface area (Å²) in [5, 5.41) is 5.82. The SMILES string of the molecule is NS(=O)(=O)c1ccc2c(Oc3ccc(CC(=O)C4(C(=O)Cc5ccc(F)cc5)CC4)cc3)ccnc2c1. The van der Waals surface area contributed by atoms with E-state index in [0.29, 0.717) is 40.8 Å². The van der Waals surface area contributed by atoms with Crippen molar-refractivity contribution in [2.75, 3.05) is 0 Å². The van der Waals surface area contributed by atoms with Gasteiger partial charge in [0.1, 0.15) is 17.3 Å². The van der Waals surface area contributed by atoms with Crippen LogP contribution in [-0.2, 0) is 32.5 Å². The molecule has 0 amide bonds. The van der Waals surface area contributed by atoms with Crippen LogP contribution in [0.2, 0.25) is 0 Å². The molecule has 0 aliphatic heterocycles. The van der Waals surface area contributed by atoms with Crippen LogP contribution < -0.4 is 9.88 Å². The summed E-state index contributed by atoms with van der Waals surface area (Å²) in [6.07, 6.45) is 2.82. The Morgan fingerprint density at radius 1 is 0.892 bits per heavy atom. The maximum Gasteiger partial charge on any atom is 0.238 e. The summed E-state index contributed by atoms with van der Waals surface area (Å²) in [6.45, 7) is 0. The predicted molar refractivity (Wildman–Crippen MR) is 135 cm³/mol. The Labute approximate surface area is 213 Å². The molecule has 1 aromatic heterocycles. The second kappa shape index (κ2) is 9.49. The van der Waals surface area contributed by atoms with E-state index in [9.17, 15) is 22.4 Å². The Kier molecular flexibility index (Phi) is 6.35. The van der Waals surface area contributed by atoms with Gasteiger partial charge in [-0.2, -0.15) is 0 Å². The van der Waals surface area contributed by atoms with Crippen LogP contribution in [0.3, 0.4) is 0 Å². The first-order valence-corrected chi connectivity index (χ1v) is 13.2. The van der Waals surface area contributed by atoms with Crippen molar-refractivity contribution in [1.82, 2.24) is 4.98 Å². The lowest BCUT2D eigenvalue weighted by Crippen LogP contribution is -2.28. The second-order valence-electron chi connectivity index (χ2n) is 9.19. The van der Waals surface area contributed by atoms with E-state index in [1.807, 2.05) is 0 Å². The van der Waals surface area contributed by atoms with Gasteiger partial charge in [-0.15, -0.1) is 0 Å². The lowest BCUT2D eigenvalue weighted by Gasteiger charge is -2.14. The summed E-state index contributed by atoms with van der Waals surface area (Å²) in [4.78, 5) is 30.1. The number of halogens is 1. The third kappa shape index (κ3) is 5.28. The first-order valence-electron chi connectivity index (χ1n) is 11.6.